The summed E-state index contributed by atoms with van der Waals surface area (Å²) in [6.07, 6.45) is 5.00. The first-order chi connectivity index (χ1) is 12.8. The lowest BCUT2D eigenvalue weighted by Gasteiger charge is -2.30. The van der Waals surface area contributed by atoms with Crippen LogP contribution >= 0.6 is 0 Å². The first-order valence-corrected chi connectivity index (χ1v) is 10.4. The fourth-order valence-corrected chi connectivity index (χ4v) is 4.94. The van der Waals surface area contributed by atoms with Crippen LogP contribution in [0, 0.1) is 5.92 Å². The zero-order valence-electron chi connectivity index (χ0n) is 15.6. The van der Waals surface area contributed by atoms with E-state index in [1.807, 2.05) is 0 Å². The van der Waals surface area contributed by atoms with Gasteiger partial charge in [-0.25, -0.2) is 22.7 Å². The molecule has 1 atom stereocenters. The van der Waals surface area contributed by atoms with Gasteiger partial charge in [-0.05, 0) is 37.0 Å². The molecule has 3 N–H and O–H groups in total. The van der Waals surface area contributed by atoms with E-state index in [1.165, 1.54) is 19.2 Å². The van der Waals surface area contributed by atoms with E-state index < -0.39 is 28.0 Å². The van der Waals surface area contributed by atoms with Gasteiger partial charge < -0.3 is 15.2 Å². The van der Waals surface area contributed by atoms with E-state index in [-0.39, 0.29) is 28.5 Å². The molecule has 9 heteroatoms. The lowest BCUT2D eigenvalue weighted by atomic mass is 9.84. The predicted octanol–water partition coefficient (Wildman–Crippen LogP) is 1.45. The highest BCUT2D eigenvalue weighted by Crippen LogP contribution is 2.28. The van der Waals surface area contributed by atoms with E-state index in [0.717, 1.165) is 45.3 Å². The van der Waals surface area contributed by atoms with Crippen LogP contribution in [0.1, 0.15) is 52.8 Å². The summed E-state index contributed by atoms with van der Waals surface area (Å²) in [6.45, 7) is 0.147. The summed E-state index contributed by atoms with van der Waals surface area (Å²) in [7, 11) is -1.76. The molecule has 0 radical (unpaired) electrons. The van der Waals surface area contributed by atoms with Gasteiger partial charge in [-0.15, -0.1) is 0 Å². The molecular weight excluding hydrogens is 372 g/mol. The van der Waals surface area contributed by atoms with E-state index in [9.17, 15) is 18.0 Å². The van der Waals surface area contributed by atoms with Crippen molar-refractivity contribution in [1.29, 1.82) is 0 Å². The molecule has 0 aromatic heterocycles. The first kappa shape index (κ1) is 21.3. The number of carbonyl (C=O) groups excluding carboxylic acids is 2. The molecule has 1 fully saturated rings. The molecule has 1 aliphatic carbocycles. The monoisotopic (exact) mass is 398 g/mol. The minimum atomic E-state index is -4.11. The van der Waals surface area contributed by atoms with Crippen LogP contribution in [-0.2, 0) is 19.5 Å². The van der Waals surface area contributed by atoms with Gasteiger partial charge in [0.25, 0.3) is 0 Å². The summed E-state index contributed by atoms with van der Waals surface area (Å²) >= 11 is 0. The van der Waals surface area contributed by atoms with Gasteiger partial charge in [-0.2, -0.15) is 0 Å². The molecule has 0 aliphatic heterocycles. The number of hydrogen-bond acceptors (Lipinski definition) is 7. The summed E-state index contributed by atoms with van der Waals surface area (Å²) < 4.78 is 38.0. The fourth-order valence-electron chi connectivity index (χ4n) is 3.40. The van der Waals surface area contributed by atoms with Crippen molar-refractivity contribution in [3.63, 3.8) is 0 Å². The summed E-state index contributed by atoms with van der Waals surface area (Å²) in [5, 5.41) is 0. The van der Waals surface area contributed by atoms with E-state index in [4.69, 9.17) is 5.73 Å². The number of methoxy groups -OCH3 is 2. The fraction of sp³-hybridized carbons (Fsp3) is 0.556. The maximum atomic E-state index is 13.0. The average Bonchev–Trinajstić information content (AvgIpc) is 2.71. The van der Waals surface area contributed by atoms with Crippen LogP contribution in [0.2, 0.25) is 0 Å². The summed E-state index contributed by atoms with van der Waals surface area (Å²) in [4.78, 5) is 23.5. The summed E-state index contributed by atoms with van der Waals surface area (Å²) in [6, 6.07) is 3.24. The van der Waals surface area contributed by atoms with Gasteiger partial charge in [0.15, 0.2) is 0 Å². The van der Waals surface area contributed by atoms with Crippen LogP contribution in [0.4, 0.5) is 0 Å². The lowest BCUT2D eigenvalue weighted by Crippen LogP contribution is -2.46. The van der Waals surface area contributed by atoms with Crippen molar-refractivity contribution in [2.24, 2.45) is 11.7 Å². The topological polar surface area (TPSA) is 125 Å². The molecule has 1 unspecified atom stereocenters. The Labute approximate surface area is 159 Å². The van der Waals surface area contributed by atoms with Crippen molar-refractivity contribution in [3.8, 4) is 0 Å². The Balaban J connectivity index is 2.41. The molecule has 2 rings (SSSR count). The Morgan fingerprint density at radius 1 is 1.15 bits per heavy atom. The van der Waals surface area contributed by atoms with Gasteiger partial charge in [0.1, 0.15) is 0 Å². The minimum Gasteiger partial charge on any atom is -0.465 e. The third-order valence-electron chi connectivity index (χ3n) is 4.88. The Kier molecular flexibility index (Phi) is 7.34. The SMILES string of the molecule is COC(=O)c1ccc(C(=O)OC)c(S(=O)(=O)NC(CN)C2CCCCC2)c1. The van der Waals surface area contributed by atoms with Crippen molar-refractivity contribution in [2.45, 2.75) is 43.0 Å². The number of rotatable bonds is 7. The Bertz CT molecular complexity index is 787. The van der Waals surface area contributed by atoms with E-state index in [0.29, 0.717) is 0 Å². The van der Waals surface area contributed by atoms with Crippen molar-refractivity contribution in [1.82, 2.24) is 4.72 Å². The van der Waals surface area contributed by atoms with Gasteiger partial charge in [-0.3, -0.25) is 0 Å². The molecule has 0 saturated heterocycles. The molecule has 1 aliphatic rings. The quantitative estimate of drug-likeness (QED) is 0.666. The van der Waals surface area contributed by atoms with Gasteiger partial charge in [0.2, 0.25) is 10.0 Å². The molecule has 0 heterocycles. The second-order valence-electron chi connectivity index (χ2n) is 6.56. The summed E-state index contributed by atoms with van der Waals surface area (Å²) in [5.41, 5.74) is 5.69. The maximum Gasteiger partial charge on any atom is 0.339 e. The van der Waals surface area contributed by atoms with Crippen LogP contribution in [0.15, 0.2) is 23.1 Å². The summed E-state index contributed by atoms with van der Waals surface area (Å²) in [5.74, 6) is -1.37. The largest absolute Gasteiger partial charge is 0.465 e. The number of nitrogens with one attached hydrogen (secondary N) is 1. The number of benzene rings is 1. The van der Waals surface area contributed by atoms with Gasteiger partial charge in [-0.1, -0.05) is 19.3 Å². The van der Waals surface area contributed by atoms with E-state index >= 15 is 0 Å². The molecule has 1 aromatic carbocycles. The molecular formula is C18H26N2O6S. The van der Waals surface area contributed by atoms with Crippen molar-refractivity contribution in [2.75, 3.05) is 20.8 Å². The Morgan fingerprint density at radius 3 is 2.33 bits per heavy atom. The number of nitrogens with two attached hydrogens (primary N) is 1. The molecule has 150 valence electrons. The van der Waals surface area contributed by atoms with Crippen LogP contribution < -0.4 is 10.5 Å². The predicted molar refractivity (Wildman–Crippen MR) is 98.9 cm³/mol. The molecule has 0 amide bonds. The third kappa shape index (κ3) is 5.06. The van der Waals surface area contributed by atoms with Gasteiger partial charge >= 0.3 is 11.9 Å². The second kappa shape index (κ2) is 9.29. The smallest absolute Gasteiger partial charge is 0.339 e. The number of hydrogen-bond donors (Lipinski definition) is 2. The lowest BCUT2D eigenvalue weighted by molar-refractivity contribution is 0.0583. The maximum absolute atomic E-state index is 13.0. The average molecular weight is 398 g/mol. The third-order valence-corrected chi connectivity index (χ3v) is 6.41. The van der Waals surface area contributed by atoms with Crippen LogP contribution in [0.5, 0.6) is 0 Å². The van der Waals surface area contributed by atoms with Crippen molar-refractivity contribution >= 4 is 22.0 Å². The molecule has 27 heavy (non-hydrogen) atoms. The number of sulfonamides is 1. The van der Waals surface area contributed by atoms with Crippen molar-refractivity contribution < 1.29 is 27.5 Å². The molecule has 1 saturated carbocycles. The number of esters is 2. The first-order valence-electron chi connectivity index (χ1n) is 8.87. The zero-order chi connectivity index (χ0) is 20.0. The second-order valence-corrected chi connectivity index (χ2v) is 8.24. The van der Waals surface area contributed by atoms with E-state index in [2.05, 4.69) is 14.2 Å². The van der Waals surface area contributed by atoms with E-state index in [1.54, 1.807) is 0 Å². The standard InChI is InChI=1S/C18H26N2O6S/c1-25-17(21)13-8-9-14(18(22)26-2)16(10-13)27(23,24)20-15(11-19)12-6-4-3-5-7-12/h8-10,12,15,20H,3-7,11,19H2,1-2H3. The molecule has 8 nitrogen and oxygen atoms in total. The van der Waals surface area contributed by atoms with Crippen LogP contribution in [-0.4, -0.2) is 47.2 Å². The number of carbonyl (C=O) groups is 2. The molecule has 0 spiro atoms. The van der Waals surface area contributed by atoms with Gasteiger partial charge in [0, 0.05) is 12.6 Å². The van der Waals surface area contributed by atoms with Gasteiger partial charge in [0.05, 0.1) is 30.2 Å². The minimum absolute atomic E-state index is 0.0208. The van der Waals surface area contributed by atoms with Crippen LogP contribution in [0.25, 0.3) is 0 Å². The highest BCUT2D eigenvalue weighted by Gasteiger charge is 2.31. The normalized spacial score (nSPS) is 16.6. The molecule has 0 bridgehead atoms. The molecule has 1 aromatic rings. The Morgan fingerprint density at radius 2 is 1.78 bits per heavy atom. The highest BCUT2D eigenvalue weighted by atomic mass is 32.2. The van der Waals surface area contributed by atoms with Crippen molar-refractivity contribution in [3.05, 3.63) is 29.3 Å². The van der Waals surface area contributed by atoms with Crippen LogP contribution in [0.3, 0.4) is 0 Å². The Hall–Kier alpha value is -1.97. The highest BCUT2D eigenvalue weighted by molar-refractivity contribution is 7.89. The zero-order valence-corrected chi connectivity index (χ0v) is 16.4. The number of ether oxygens (including phenoxy) is 2.